The van der Waals surface area contributed by atoms with Gasteiger partial charge in [-0.1, -0.05) is 5.16 Å². The van der Waals surface area contributed by atoms with Gasteiger partial charge in [-0.3, -0.25) is 4.79 Å². The van der Waals surface area contributed by atoms with Crippen molar-refractivity contribution in [3.63, 3.8) is 0 Å². The van der Waals surface area contributed by atoms with Crippen LogP contribution in [0.3, 0.4) is 0 Å². The monoisotopic (exact) mass is 224 g/mol. The minimum absolute atomic E-state index is 0.0160. The van der Waals surface area contributed by atoms with Crippen molar-refractivity contribution < 1.29 is 14.1 Å². The van der Waals surface area contributed by atoms with Gasteiger partial charge in [-0.25, -0.2) is 0 Å². The minimum Gasteiger partial charge on any atom is -0.368 e. The molecule has 16 heavy (non-hydrogen) atoms. The first kappa shape index (κ1) is 11.1. The van der Waals surface area contributed by atoms with E-state index in [0.717, 1.165) is 24.3 Å². The highest BCUT2D eigenvalue weighted by atomic mass is 16.5. The molecule has 0 bridgehead atoms. The normalized spacial score (nSPS) is 19.9. The second kappa shape index (κ2) is 5.12. The maximum absolute atomic E-state index is 11.6. The van der Waals surface area contributed by atoms with Crippen molar-refractivity contribution in [3.8, 4) is 0 Å². The molecule has 1 aromatic rings. The van der Waals surface area contributed by atoms with Gasteiger partial charge < -0.3 is 14.6 Å². The van der Waals surface area contributed by atoms with E-state index in [-0.39, 0.29) is 12.0 Å². The zero-order chi connectivity index (χ0) is 11.4. The maximum Gasteiger partial charge on any atom is 0.249 e. The maximum atomic E-state index is 11.6. The average molecular weight is 224 g/mol. The predicted octanol–water partition coefficient (Wildman–Crippen LogP) is 0.821. The van der Waals surface area contributed by atoms with Gasteiger partial charge >= 0.3 is 0 Å². The molecular formula is C11H16N2O3. The Kier molecular flexibility index (Phi) is 3.56. The van der Waals surface area contributed by atoms with Crippen molar-refractivity contribution in [1.82, 2.24) is 10.5 Å². The summed E-state index contributed by atoms with van der Waals surface area (Å²) in [5, 5.41) is 6.69. The molecule has 0 saturated carbocycles. The van der Waals surface area contributed by atoms with E-state index in [1.54, 1.807) is 0 Å². The molecule has 1 amide bonds. The van der Waals surface area contributed by atoms with E-state index >= 15 is 0 Å². The van der Waals surface area contributed by atoms with E-state index in [4.69, 9.17) is 9.26 Å². The summed E-state index contributed by atoms with van der Waals surface area (Å²) in [5.41, 5.74) is 0.866. The molecule has 1 aromatic heterocycles. The fourth-order valence-electron chi connectivity index (χ4n) is 1.75. The number of rotatable bonds is 4. The summed E-state index contributed by atoms with van der Waals surface area (Å²) in [4.78, 5) is 11.6. The number of nitrogens with one attached hydrogen (secondary N) is 1. The van der Waals surface area contributed by atoms with Crippen molar-refractivity contribution in [1.29, 1.82) is 0 Å². The van der Waals surface area contributed by atoms with Crippen LogP contribution in [0, 0.1) is 6.92 Å². The van der Waals surface area contributed by atoms with Gasteiger partial charge in [0.25, 0.3) is 0 Å². The molecule has 1 unspecified atom stereocenters. The fourth-order valence-corrected chi connectivity index (χ4v) is 1.75. The number of aromatic nitrogens is 1. The van der Waals surface area contributed by atoms with Crippen LogP contribution in [-0.2, 0) is 16.0 Å². The van der Waals surface area contributed by atoms with E-state index in [2.05, 4.69) is 10.5 Å². The molecule has 2 heterocycles. The number of nitrogens with zero attached hydrogens (tertiary/aromatic N) is 1. The van der Waals surface area contributed by atoms with Crippen LogP contribution in [-0.4, -0.2) is 30.3 Å². The molecular weight excluding hydrogens is 208 g/mol. The van der Waals surface area contributed by atoms with Crippen LogP contribution in [0.2, 0.25) is 0 Å². The number of ether oxygens (including phenoxy) is 1. The van der Waals surface area contributed by atoms with Gasteiger partial charge in [0.05, 0.1) is 5.69 Å². The number of carbonyl (C=O) groups excluding carboxylic acids is 1. The summed E-state index contributed by atoms with van der Waals surface area (Å²) in [6.07, 6.45) is 2.24. The highest BCUT2D eigenvalue weighted by Gasteiger charge is 2.22. The van der Waals surface area contributed by atoms with Crippen molar-refractivity contribution >= 4 is 5.91 Å². The summed E-state index contributed by atoms with van der Waals surface area (Å²) in [5.74, 6) is 0.776. The lowest BCUT2D eigenvalue weighted by atomic mass is 10.2. The standard InChI is InChI=1S/C11H16N2O3/c1-8-7-9(13-16-8)4-5-12-11(14)10-3-2-6-15-10/h7,10H,2-6H2,1H3,(H,12,14). The van der Waals surface area contributed by atoms with E-state index < -0.39 is 0 Å². The van der Waals surface area contributed by atoms with Crippen LogP contribution < -0.4 is 5.32 Å². The highest BCUT2D eigenvalue weighted by Crippen LogP contribution is 2.11. The van der Waals surface area contributed by atoms with Gasteiger partial charge in [0.2, 0.25) is 5.91 Å². The van der Waals surface area contributed by atoms with Crippen molar-refractivity contribution in [2.45, 2.75) is 32.3 Å². The van der Waals surface area contributed by atoms with Crippen LogP contribution in [0.4, 0.5) is 0 Å². The summed E-state index contributed by atoms with van der Waals surface area (Å²) in [7, 11) is 0. The highest BCUT2D eigenvalue weighted by molar-refractivity contribution is 5.80. The Bertz CT molecular complexity index is 356. The molecule has 1 N–H and O–H groups in total. The zero-order valence-corrected chi connectivity index (χ0v) is 9.36. The van der Waals surface area contributed by atoms with Gasteiger partial charge in [-0.05, 0) is 19.8 Å². The van der Waals surface area contributed by atoms with E-state index in [1.807, 2.05) is 13.0 Å². The Morgan fingerprint density at radius 2 is 2.56 bits per heavy atom. The third-order valence-corrected chi connectivity index (χ3v) is 2.58. The molecule has 2 rings (SSSR count). The van der Waals surface area contributed by atoms with E-state index in [9.17, 15) is 4.79 Å². The van der Waals surface area contributed by atoms with Crippen LogP contribution in [0.1, 0.15) is 24.3 Å². The largest absolute Gasteiger partial charge is 0.368 e. The summed E-state index contributed by atoms with van der Waals surface area (Å²) in [6, 6.07) is 1.87. The Balaban J connectivity index is 1.69. The topological polar surface area (TPSA) is 64.4 Å². The first-order valence-corrected chi connectivity index (χ1v) is 5.57. The van der Waals surface area contributed by atoms with E-state index in [1.165, 1.54) is 0 Å². The van der Waals surface area contributed by atoms with Crippen LogP contribution in [0.5, 0.6) is 0 Å². The second-order valence-electron chi connectivity index (χ2n) is 3.97. The Labute approximate surface area is 94.1 Å². The molecule has 1 fully saturated rings. The predicted molar refractivity (Wildman–Crippen MR) is 56.9 cm³/mol. The summed E-state index contributed by atoms with van der Waals surface area (Å²) >= 11 is 0. The van der Waals surface area contributed by atoms with Crippen LogP contribution in [0.25, 0.3) is 0 Å². The van der Waals surface area contributed by atoms with Gasteiger partial charge in [0.15, 0.2) is 0 Å². The molecule has 0 aliphatic carbocycles. The second-order valence-corrected chi connectivity index (χ2v) is 3.97. The quantitative estimate of drug-likeness (QED) is 0.822. The first-order valence-electron chi connectivity index (χ1n) is 5.57. The lowest BCUT2D eigenvalue weighted by molar-refractivity contribution is -0.129. The van der Waals surface area contributed by atoms with E-state index in [0.29, 0.717) is 19.6 Å². The molecule has 0 spiro atoms. The third-order valence-electron chi connectivity index (χ3n) is 2.58. The fraction of sp³-hybridized carbons (Fsp3) is 0.636. The molecule has 1 atom stereocenters. The van der Waals surface area contributed by atoms with Gasteiger partial charge in [-0.2, -0.15) is 0 Å². The molecule has 1 saturated heterocycles. The molecule has 1 aliphatic heterocycles. The summed E-state index contributed by atoms with van der Waals surface area (Å²) in [6.45, 7) is 3.12. The summed E-state index contributed by atoms with van der Waals surface area (Å²) < 4.78 is 10.2. The Morgan fingerprint density at radius 3 is 3.19 bits per heavy atom. The molecule has 1 aliphatic rings. The van der Waals surface area contributed by atoms with Crippen molar-refractivity contribution in [2.24, 2.45) is 0 Å². The number of amides is 1. The lowest BCUT2D eigenvalue weighted by Crippen LogP contribution is -2.35. The third kappa shape index (κ3) is 2.82. The molecule has 5 heteroatoms. The minimum atomic E-state index is -0.251. The molecule has 88 valence electrons. The number of carbonyl (C=O) groups is 1. The average Bonchev–Trinajstić information content (AvgIpc) is 2.89. The molecule has 0 radical (unpaired) electrons. The van der Waals surface area contributed by atoms with Gasteiger partial charge in [0.1, 0.15) is 11.9 Å². The number of hydrogen-bond acceptors (Lipinski definition) is 4. The van der Waals surface area contributed by atoms with Crippen molar-refractivity contribution in [2.75, 3.05) is 13.2 Å². The van der Waals surface area contributed by atoms with Gasteiger partial charge in [-0.15, -0.1) is 0 Å². The first-order chi connectivity index (χ1) is 7.75. The van der Waals surface area contributed by atoms with Crippen LogP contribution >= 0.6 is 0 Å². The number of hydrogen-bond donors (Lipinski definition) is 1. The zero-order valence-electron chi connectivity index (χ0n) is 9.36. The SMILES string of the molecule is Cc1cc(CCNC(=O)C2CCCO2)no1. The number of aryl methyl sites for hydroxylation is 1. The Hall–Kier alpha value is -1.36. The van der Waals surface area contributed by atoms with Crippen molar-refractivity contribution in [3.05, 3.63) is 17.5 Å². The smallest absolute Gasteiger partial charge is 0.249 e. The molecule has 5 nitrogen and oxygen atoms in total. The Morgan fingerprint density at radius 1 is 1.69 bits per heavy atom. The molecule has 0 aromatic carbocycles. The van der Waals surface area contributed by atoms with Crippen LogP contribution in [0.15, 0.2) is 10.6 Å². The van der Waals surface area contributed by atoms with Gasteiger partial charge in [0, 0.05) is 25.6 Å². The lowest BCUT2D eigenvalue weighted by Gasteiger charge is -2.09.